The number of halogens is 2. The van der Waals surface area contributed by atoms with Gasteiger partial charge in [-0.1, -0.05) is 35.0 Å². The highest BCUT2D eigenvalue weighted by Gasteiger charge is 2.19. The highest BCUT2D eigenvalue weighted by atomic mass is 79.9. The number of rotatable bonds is 4. The predicted molar refractivity (Wildman–Crippen MR) is 78.6 cm³/mol. The van der Waals surface area contributed by atoms with Gasteiger partial charge in [-0.15, -0.1) is 0 Å². The van der Waals surface area contributed by atoms with Gasteiger partial charge in [0.1, 0.15) is 5.82 Å². The fraction of sp³-hybridized carbons (Fsp3) is 0.267. The summed E-state index contributed by atoms with van der Waals surface area (Å²) < 4.78 is 15.0. The van der Waals surface area contributed by atoms with Crippen LogP contribution in [-0.4, -0.2) is 11.5 Å². The summed E-state index contributed by atoms with van der Waals surface area (Å²) in [4.78, 5) is 3.81. The standard InChI is InChI=1S/C15H16BrFN2/c1-3-19-15(12-7-8-18-9-14(12)17)11-5-4-6-13(16)10(11)2/h4-9,15,19H,3H2,1-2H3. The molecule has 1 N–H and O–H groups in total. The van der Waals surface area contributed by atoms with Gasteiger partial charge in [0.2, 0.25) is 0 Å². The zero-order chi connectivity index (χ0) is 13.8. The fourth-order valence-corrected chi connectivity index (χ4v) is 2.53. The Bertz CT molecular complexity index is 572. The SMILES string of the molecule is CCNC(c1ccncc1F)c1cccc(Br)c1C. The molecule has 0 fully saturated rings. The largest absolute Gasteiger partial charge is 0.306 e. The maximum atomic E-state index is 14.0. The predicted octanol–water partition coefficient (Wildman–Crippen LogP) is 3.99. The Morgan fingerprint density at radius 2 is 2.11 bits per heavy atom. The second-order valence-corrected chi connectivity index (χ2v) is 5.20. The normalized spacial score (nSPS) is 12.4. The summed E-state index contributed by atoms with van der Waals surface area (Å²) in [5.74, 6) is -0.284. The van der Waals surface area contributed by atoms with E-state index in [1.54, 1.807) is 12.3 Å². The molecule has 2 aromatic rings. The first-order valence-electron chi connectivity index (χ1n) is 6.23. The summed E-state index contributed by atoms with van der Waals surface area (Å²) in [5, 5.41) is 3.34. The van der Waals surface area contributed by atoms with Gasteiger partial charge in [0, 0.05) is 16.2 Å². The van der Waals surface area contributed by atoms with Crippen LogP contribution in [0.4, 0.5) is 4.39 Å². The number of benzene rings is 1. The topological polar surface area (TPSA) is 24.9 Å². The van der Waals surface area contributed by atoms with Crippen molar-refractivity contribution in [3.63, 3.8) is 0 Å². The van der Waals surface area contributed by atoms with Crippen molar-refractivity contribution in [1.29, 1.82) is 0 Å². The van der Waals surface area contributed by atoms with Crippen LogP contribution in [0.3, 0.4) is 0 Å². The van der Waals surface area contributed by atoms with E-state index in [2.05, 4.69) is 26.2 Å². The van der Waals surface area contributed by atoms with Gasteiger partial charge < -0.3 is 5.32 Å². The first-order valence-corrected chi connectivity index (χ1v) is 7.02. The zero-order valence-electron chi connectivity index (χ0n) is 11.0. The Morgan fingerprint density at radius 1 is 1.32 bits per heavy atom. The van der Waals surface area contributed by atoms with Crippen molar-refractivity contribution in [2.75, 3.05) is 6.54 Å². The van der Waals surface area contributed by atoms with Gasteiger partial charge in [0.25, 0.3) is 0 Å². The summed E-state index contributed by atoms with van der Waals surface area (Å²) in [5.41, 5.74) is 2.81. The third-order valence-corrected chi connectivity index (χ3v) is 4.00. The van der Waals surface area contributed by atoms with E-state index in [1.807, 2.05) is 32.0 Å². The Balaban J connectivity index is 2.52. The number of hydrogen-bond donors (Lipinski definition) is 1. The molecule has 0 aliphatic carbocycles. The van der Waals surface area contributed by atoms with Gasteiger partial charge in [0.05, 0.1) is 12.2 Å². The molecular weight excluding hydrogens is 307 g/mol. The van der Waals surface area contributed by atoms with Crippen molar-refractivity contribution < 1.29 is 4.39 Å². The van der Waals surface area contributed by atoms with E-state index in [4.69, 9.17) is 0 Å². The number of pyridine rings is 1. The molecule has 2 rings (SSSR count). The Labute approximate surface area is 121 Å². The molecule has 0 saturated carbocycles. The van der Waals surface area contributed by atoms with E-state index in [1.165, 1.54) is 6.20 Å². The minimum Gasteiger partial charge on any atom is -0.306 e. The molecule has 4 heteroatoms. The van der Waals surface area contributed by atoms with Crippen LogP contribution in [0.25, 0.3) is 0 Å². The van der Waals surface area contributed by atoms with Crippen LogP contribution >= 0.6 is 15.9 Å². The van der Waals surface area contributed by atoms with Crippen LogP contribution < -0.4 is 5.32 Å². The van der Waals surface area contributed by atoms with E-state index in [-0.39, 0.29) is 11.9 Å². The van der Waals surface area contributed by atoms with Crippen LogP contribution in [0.1, 0.15) is 29.7 Å². The molecule has 2 nitrogen and oxygen atoms in total. The third kappa shape index (κ3) is 3.01. The van der Waals surface area contributed by atoms with Crippen LogP contribution in [-0.2, 0) is 0 Å². The molecular formula is C15H16BrFN2. The van der Waals surface area contributed by atoms with Crippen molar-refractivity contribution >= 4 is 15.9 Å². The Hall–Kier alpha value is -1.26. The van der Waals surface area contributed by atoms with Crippen LogP contribution in [0.2, 0.25) is 0 Å². The minimum atomic E-state index is -0.284. The monoisotopic (exact) mass is 322 g/mol. The number of hydrogen-bond acceptors (Lipinski definition) is 2. The van der Waals surface area contributed by atoms with Gasteiger partial charge in [-0.2, -0.15) is 0 Å². The van der Waals surface area contributed by atoms with Gasteiger partial charge in [-0.3, -0.25) is 4.98 Å². The lowest BCUT2D eigenvalue weighted by Gasteiger charge is -2.21. The second-order valence-electron chi connectivity index (χ2n) is 4.34. The van der Waals surface area contributed by atoms with Gasteiger partial charge in [0.15, 0.2) is 0 Å². The van der Waals surface area contributed by atoms with E-state index in [0.717, 1.165) is 22.1 Å². The zero-order valence-corrected chi connectivity index (χ0v) is 12.5. The first kappa shape index (κ1) is 14.2. The van der Waals surface area contributed by atoms with E-state index < -0.39 is 0 Å². The number of nitrogens with zero attached hydrogens (tertiary/aromatic N) is 1. The summed E-state index contributed by atoms with van der Waals surface area (Å²) in [6.07, 6.45) is 2.88. The Morgan fingerprint density at radius 3 is 2.79 bits per heavy atom. The average Bonchev–Trinajstić information content (AvgIpc) is 2.41. The molecule has 0 radical (unpaired) electrons. The molecule has 1 unspecified atom stereocenters. The molecule has 1 heterocycles. The molecule has 0 aliphatic heterocycles. The molecule has 19 heavy (non-hydrogen) atoms. The van der Waals surface area contributed by atoms with Gasteiger partial charge >= 0.3 is 0 Å². The second kappa shape index (κ2) is 6.26. The minimum absolute atomic E-state index is 0.162. The first-order chi connectivity index (χ1) is 9.15. The summed E-state index contributed by atoms with van der Waals surface area (Å²) in [6.45, 7) is 4.81. The van der Waals surface area contributed by atoms with Crippen molar-refractivity contribution in [2.24, 2.45) is 0 Å². The maximum absolute atomic E-state index is 14.0. The molecule has 0 aliphatic rings. The van der Waals surface area contributed by atoms with Crippen molar-refractivity contribution in [2.45, 2.75) is 19.9 Å². The fourth-order valence-electron chi connectivity index (χ4n) is 2.15. The molecule has 0 bridgehead atoms. The van der Waals surface area contributed by atoms with E-state index >= 15 is 0 Å². The lowest BCUT2D eigenvalue weighted by molar-refractivity contribution is 0.553. The highest BCUT2D eigenvalue weighted by Crippen LogP contribution is 2.29. The molecule has 100 valence electrons. The summed E-state index contributed by atoms with van der Waals surface area (Å²) >= 11 is 3.52. The average molecular weight is 323 g/mol. The molecule has 1 aromatic heterocycles. The van der Waals surface area contributed by atoms with Crippen LogP contribution in [0, 0.1) is 12.7 Å². The number of nitrogens with one attached hydrogen (secondary N) is 1. The lowest BCUT2D eigenvalue weighted by atomic mass is 9.95. The highest BCUT2D eigenvalue weighted by molar-refractivity contribution is 9.10. The third-order valence-electron chi connectivity index (χ3n) is 3.14. The van der Waals surface area contributed by atoms with E-state index in [0.29, 0.717) is 5.56 Å². The quantitative estimate of drug-likeness (QED) is 0.920. The maximum Gasteiger partial charge on any atom is 0.146 e. The van der Waals surface area contributed by atoms with Crippen molar-refractivity contribution in [1.82, 2.24) is 10.3 Å². The molecule has 1 atom stereocenters. The van der Waals surface area contributed by atoms with Crippen LogP contribution in [0.5, 0.6) is 0 Å². The van der Waals surface area contributed by atoms with Crippen molar-refractivity contribution in [3.8, 4) is 0 Å². The van der Waals surface area contributed by atoms with E-state index in [9.17, 15) is 4.39 Å². The van der Waals surface area contributed by atoms with Gasteiger partial charge in [-0.05, 0) is 36.7 Å². The van der Waals surface area contributed by atoms with Gasteiger partial charge in [-0.25, -0.2) is 4.39 Å². The molecule has 0 saturated heterocycles. The molecule has 1 aromatic carbocycles. The molecule has 0 amide bonds. The van der Waals surface area contributed by atoms with Crippen LogP contribution in [0.15, 0.2) is 41.1 Å². The smallest absolute Gasteiger partial charge is 0.146 e. The van der Waals surface area contributed by atoms with Crippen molar-refractivity contribution in [3.05, 3.63) is 63.6 Å². The summed E-state index contributed by atoms with van der Waals surface area (Å²) in [7, 11) is 0. The Kier molecular flexibility index (Phi) is 4.66. The lowest BCUT2D eigenvalue weighted by Crippen LogP contribution is -2.24. The number of aromatic nitrogens is 1. The molecule has 0 spiro atoms. The summed E-state index contributed by atoms with van der Waals surface area (Å²) in [6, 6.07) is 7.54.